The zero-order valence-electron chi connectivity index (χ0n) is 17.0. The first-order valence-corrected chi connectivity index (χ1v) is 11.0. The van der Waals surface area contributed by atoms with E-state index in [-0.39, 0.29) is 29.0 Å². The van der Waals surface area contributed by atoms with Crippen LogP contribution in [0, 0.1) is 5.41 Å². The second-order valence-corrected chi connectivity index (χ2v) is 9.57. The van der Waals surface area contributed by atoms with Crippen LogP contribution in [0.4, 0.5) is 39.5 Å². The molecule has 3 rings (SSSR count). The number of hydrogen-bond donors (Lipinski definition) is 0. The highest BCUT2D eigenvalue weighted by Crippen LogP contribution is 2.59. The molecule has 3 nitrogen and oxygen atoms in total. The predicted molar refractivity (Wildman–Crippen MR) is 104 cm³/mol. The molecule has 13 heteroatoms. The van der Waals surface area contributed by atoms with Crippen molar-refractivity contribution in [2.75, 3.05) is 5.75 Å². The van der Waals surface area contributed by atoms with Crippen molar-refractivity contribution in [3.05, 3.63) is 71.4 Å². The first-order valence-electron chi connectivity index (χ1n) is 9.39. The number of nitrogens with zero attached hydrogens (tertiary/aromatic N) is 1. The van der Waals surface area contributed by atoms with E-state index in [1.54, 1.807) is 0 Å². The maximum absolute atomic E-state index is 13.7. The third kappa shape index (κ3) is 4.44. The summed E-state index contributed by atoms with van der Waals surface area (Å²) in [5.74, 6) is -0.343. The normalized spacial score (nSPS) is 16.9. The molecule has 0 fully saturated rings. The van der Waals surface area contributed by atoms with Gasteiger partial charge in [-0.2, -0.15) is 39.5 Å². The number of aromatic nitrogens is 1. The van der Waals surface area contributed by atoms with Crippen molar-refractivity contribution >= 4 is 21.0 Å². The Morgan fingerprint density at radius 2 is 1.24 bits per heavy atom. The highest BCUT2D eigenvalue weighted by atomic mass is 32.2. The Balaban J connectivity index is 2.23. The van der Waals surface area contributed by atoms with Crippen molar-refractivity contribution in [3.63, 3.8) is 0 Å². The fourth-order valence-corrected chi connectivity index (χ4v) is 4.11. The summed E-state index contributed by atoms with van der Waals surface area (Å²) in [5, 5.41) is -0.435. The van der Waals surface area contributed by atoms with E-state index >= 15 is 0 Å². The largest absolute Gasteiger partial charge is 0.416 e. The molecule has 0 radical (unpaired) electrons. The van der Waals surface area contributed by atoms with Crippen LogP contribution in [0.2, 0.25) is 0 Å². The van der Waals surface area contributed by atoms with Gasteiger partial charge < -0.3 is 0 Å². The van der Waals surface area contributed by atoms with E-state index in [0.717, 1.165) is 30.5 Å². The van der Waals surface area contributed by atoms with E-state index in [1.165, 1.54) is 6.92 Å². The molecule has 1 aromatic carbocycles. The summed E-state index contributed by atoms with van der Waals surface area (Å²) >= 11 is 0. The molecule has 0 unspecified atom stereocenters. The minimum atomic E-state index is -5.83. The smallest absolute Gasteiger partial charge is 0.244 e. The third-order valence-corrected chi connectivity index (χ3v) is 6.88. The average molecular weight is 515 g/mol. The Morgan fingerprint density at radius 1 is 0.765 bits per heavy atom. The molecule has 0 saturated heterocycles. The van der Waals surface area contributed by atoms with Gasteiger partial charge in [0.25, 0.3) is 0 Å². The van der Waals surface area contributed by atoms with Gasteiger partial charge in [0.05, 0.1) is 11.3 Å². The van der Waals surface area contributed by atoms with E-state index in [4.69, 9.17) is 0 Å². The summed E-state index contributed by atoms with van der Waals surface area (Å²) in [7, 11) is -3.80. The van der Waals surface area contributed by atoms with Crippen molar-refractivity contribution in [1.82, 2.24) is 4.98 Å². The van der Waals surface area contributed by atoms with Crippen molar-refractivity contribution < 1.29 is 47.9 Å². The predicted octanol–water partition coefficient (Wildman–Crippen LogP) is 6.49. The number of benzene rings is 1. The summed E-state index contributed by atoms with van der Waals surface area (Å²) in [6, 6.07) is 4.50. The second-order valence-electron chi connectivity index (χ2n) is 7.34. The summed E-state index contributed by atoms with van der Waals surface area (Å²) in [6.45, 7) is 1.32. The van der Waals surface area contributed by atoms with Crippen LogP contribution in [0.1, 0.15) is 23.6 Å². The molecule has 0 atom stereocenters. The van der Waals surface area contributed by atoms with Crippen LogP contribution in [0.25, 0.3) is 11.1 Å². The van der Waals surface area contributed by atoms with Gasteiger partial charge in [-0.15, -0.1) is 0 Å². The van der Waals surface area contributed by atoms with Gasteiger partial charge in [-0.25, -0.2) is 13.4 Å². The monoisotopic (exact) mass is 515 g/mol. The molecule has 0 spiro atoms. The molecule has 184 valence electrons. The number of sulfone groups is 1. The Morgan fingerprint density at radius 3 is 1.62 bits per heavy atom. The van der Waals surface area contributed by atoms with Crippen molar-refractivity contribution in [3.8, 4) is 0 Å². The molecule has 0 saturated carbocycles. The number of hydrogen-bond acceptors (Lipinski definition) is 3. The fourth-order valence-electron chi connectivity index (χ4n) is 3.33. The summed E-state index contributed by atoms with van der Waals surface area (Å²) < 4.78 is 145. The van der Waals surface area contributed by atoms with Gasteiger partial charge in [-0.05, 0) is 53.1 Å². The van der Waals surface area contributed by atoms with Gasteiger partial charge >= 0.3 is 18.5 Å². The summed E-state index contributed by atoms with van der Waals surface area (Å²) in [6.07, 6.45) is -15.8. The maximum Gasteiger partial charge on any atom is 0.416 e. The van der Waals surface area contributed by atoms with E-state index in [9.17, 15) is 47.9 Å². The van der Waals surface area contributed by atoms with E-state index in [2.05, 4.69) is 4.98 Å². The maximum atomic E-state index is 13.7. The molecule has 1 aliphatic rings. The molecular weight excluding hydrogens is 501 g/mol. The molecule has 0 N–H and O–H groups in total. The van der Waals surface area contributed by atoms with Crippen LogP contribution in [0.5, 0.6) is 0 Å². The second kappa shape index (κ2) is 8.14. The molecule has 1 aliphatic carbocycles. The lowest BCUT2D eigenvalue weighted by atomic mass is 9.87. The van der Waals surface area contributed by atoms with Gasteiger partial charge in [0.15, 0.2) is 20.3 Å². The number of alkyl halides is 9. The number of pyridine rings is 1. The molecule has 1 aromatic heterocycles. The molecule has 0 aliphatic heterocycles. The van der Waals surface area contributed by atoms with Crippen LogP contribution in [0.3, 0.4) is 0 Å². The topological polar surface area (TPSA) is 47.0 Å². The number of allylic oxidation sites excluding steroid dienone is 4. The van der Waals surface area contributed by atoms with Crippen LogP contribution in [-0.2, 0) is 16.0 Å². The first-order chi connectivity index (χ1) is 15.4. The molecule has 1 heterocycles. The Bertz CT molecular complexity index is 1220. The van der Waals surface area contributed by atoms with Gasteiger partial charge in [0.1, 0.15) is 0 Å². The SMILES string of the molecule is CCS(=O)(=O)c1ccc(C2=CC(C(F)(F)F)(C(F)(F)F)C=C2c2ccc(C(F)(F)F)cc2)cn1. The van der Waals surface area contributed by atoms with Gasteiger partial charge in [-0.1, -0.05) is 19.1 Å². The van der Waals surface area contributed by atoms with Gasteiger partial charge in [-0.3, -0.25) is 0 Å². The van der Waals surface area contributed by atoms with Crippen LogP contribution >= 0.6 is 0 Å². The average Bonchev–Trinajstić information content (AvgIpc) is 3.16. The lowest BCUT2D eigenvalue weighted by molar-refractivity contribution is -0.301. The molecule has 2 aromatic rings. The van der Waals surface area contributed by atoms with Crippen LogP contribution in [0.15, 0.2) is 59.8 Å². The van der Waals surface area contributed by atoms with Crippen molar-refractivity contribution in [2.24, 2.45) is 5.41 Å². The standard InChI is InChI=1S/C21H14F9NO2S/c1-2-34(32,33)17-8-5-13(11-31-17)16-10-18(20(25,26)27,21(28,29)30)9-15(16)12-3-6-14(7-4-12)19(22,23)24/h3-11H,2H2,1H3. The van der Waals surface area contributed by atoms with Crippen LogP contribution < -0.4 is 0 Å². The highest BCUT2D eigenvalue weighted by molar-refractivity contribution is 7.91. The van der Waals surface area contributed by atoms with Gasteiger partial charge in [0.2, 0.25) is 0 Å². The van der Waals surface area contributed by atoms with Crippen molar-refractivity contribution in [2.45, 2.75) is 30.5 Å². The van der Waals surface area contributed by atoms with E-state index in [0.29, 0.717) is 12.1 Å². The zero-order chi connectivity index (χ0) is 25.7. The van der Waals surface area contributed by atoms with Crippen LogP contribution in [-0.4, -0.2) is 31.5 Å². The quantitative estimate of drug-likeness (QED) is 0.438. The van der Waals surface area contributed by atoms with E-state index in [1.807, 2.05) is 0 Å². The lowest BCUT2D eigenvalue weighted by Crippen LogP contribution is -2.46. The summed E-state index contributed by atoms with van der Waals surface area (Å²) in [5.41, 5.74) is -7.41. The minimum Gasteiger partial charge on any atom is -0.244 e. The Labute approximate surface area is 187 Å². The Hall–Kier alpha value is -2.83. The third-order valence-electron chi connectivity index (χ3n) is 5.24. The van der Waals surface area contributed by atoms with Gasteiger partial charge in [0, 0.05) is 11.8 Å². The summed E-state index contributed by atoms with van der Waals surface area (Å²) in [4.78, 5) is 3.65. The number of halogens is 9. The lowest BCUT2D eigenvalue weighted by Gasteiger charge is -2.30. The molecule has 34 heavy (non-hydrogen) atoms. The zero-order valence-corrected chi connectivity index (χ0v) is 17.8. The highest BCUT2D eigenvalue weighted by Gasteiger charge is 2.70. The Kier molecular flexibility index (Phi) is 6.17. The minimum absolute atomic E-state index is 0.0784. The molecular formula is C21H14F9NO2S. The first kappa shape index (κ1) is 25.8. The van der Waals surface area contributed by atoms with Crippen molar-refractivity contribution in [1.29, 1.82) is 0 Å². The molecule has 0 bridgehead atoms. The van der Waals surface area contributed by atoms with E-state index < -0.39 is 55.5 Å². The molecule has 0 amide bonds. The number of rotatable bonds is 4. The fraction of sp³-hybridized carbons (Fsp3) is 0.286.